The molecule has 1 aromatic carbocycles. The summed E-state index contributed by atoms with van der Waals surface area (Å²) in [4.78, 5) is 20.3. The van der Waals surface area contributed by atoms with Gasteiger partial charge in [0.25, 0.3) is 5.56 Å². The summed E-state index contributed by atoms with van der Waals surface area (Å²) in [6, 6.07) is 8.27. The molecule has 0 bridgehead atoms. The quantitative estimate of drug-likeness (QED) is 0.851. The van der Waals surface area contributed by atoms with Crippen LogP contribution in [0.2, 0.25) is 0 Å². The van der Waals surface area contributed by atoms with Gasteiger partial charge in [-0.2, -0.15) is 0 Å². The fourth-order valence-corrected chi connectivity index (χ4v) is 3.52. The van der Waals surface area contributed by atoms with E-state index in [9.17, 15) is 4.79 Å². The second-order valence-corrected chi connectivity index (χ2v) is 6.43. The molecule has 2 heterocycles. The number of hydrogen-bond donors (Lipinski definition) is 0. The van der Waals surface area contributed by atoms with E-state index in [4.69, 9.17) is 9.72 Å². The third-order valence-electron chi connectivity index (χ3n) is 4.67. The molecule has 1 aromatic heterocycles. The van der Waals surface area contributed by atoms with E-state index in [-0.39, 0.29) is 11.6 Å². The van der Waals surface area contributed by atoms with Gasteiger partial charge in [0.05, 0.1) is 30.1 Å². The molecule has 3 rings (SSSR count). The van der Waals surface area contributed by atoms with Crippen LogP contribution in [-0.4, -0.2) is 40.8 Å². The first-order chi connectivity index (χ1) is 11.1. The van der Waals surface area contributed by atoms with Gasteiger partial charge in [-0.05, 0) is 45.4 Å². The first kappa shape index (κ1) is 16.1. The maximum absolute atomic E-state index is 12.9. The number of fused-ring (bicyclic) bond motifs is 1. The van der Waals surface area contributed by atoms with Gasteiger partial charge < -0.3 is 4.74 Å². The Balaban J connectivity index is 2.15. The van der Waals surface area contributed by atoms with Crippen molar-refractivity contribution in [3.63, 3.8) is 0 Å². The Morgan fingerprint density at radius 2 is 2.13 bits per heavy atom. The summed E-state index contributed by atoms with van der Waals surface area (Å²) in [5.74, 6) is 0.886. The number of ether oxygens (including phenoxy) is 1. The largest absolute Gasteiger partial charge is 0.383 e. The highest BCUT2D eigenvalue weighted by Crippen LogP contribution is 2.32. The summed E-state index contributed by atoms with van der Waals surface area (Å²) >= 11 is 0. The maximum atomic E-state index is 12.9. The zero-order valence-corrected chi connectivity index (χ0v) is 14.2. The molecule has 1 aliphatic rings. The van der Waals surface area contributed by atoms with E-state index in [1.54, 1.807) is 7.11 Å². The Morgan fingerprint density at radius 3 is 2.87 bits per heavy atom. The number of likely N-dealkylation sites (tertiary alicyclic amines) is 1. The predicted molar refractivity (Wildman–Crippen MR) is 91.7 cm³/mol. The molecule has 1 unspecified atom stereocenters. The Labute approximate surface area is 136 Å². The lowest BCUT2D eigenvalue weighted by molar-refractivity contribution is 0.171. The van der Waals surface area contributed by atoms with Crippen LogP contribution in [-0.2, 0) is 11.3 Å². The van der Waals surface area contributed by atoms with E-state index in [1.165, 1.54) is 0 Å². The van der Waals surface area contributed by atoms with E-state index >= 15 is 0 Å². The molecule has 0 spiro atoms. The van der Waals surface area contributed by atoms with Gasteiger partial charge in [0.2, 0.25) is 0 Å². The number of methoxy groups -OCH3 is 1. The van der Waals surface area contributed by atoms with Crippen LogP contribution in [0.15, 0.2) is 29.1 Å². The normalized spacial score (nSPS) is 19.0. The van der Waals surface area contributed by atoms with Crippen molar-refractivity contribution in [2.75, 3.05) is 20.3 Å². The summed E-state index contributed by atoms with van der Waals surface area (Å²) in [6.45, 7) is 6.54. The van der Waals surface area contributed by atoms with Gasteiger partial charge in [-0.3, -0.25) is 14.3 Å². The molecule has 5 nitrogen and oxygen atoms in total. The van der Waals surface area contributed by atoms with Crippen molar-refractivity contribution in [2.24, 2.45) is 0 Å². The molecule has 0 radical (unpaired) electrons. The molecule has 1 aliphatic heterocycles. The van der Waals surface area contributed by atoms with Crippen molar-refractivity contribution >= 4 is 10.9 Å². The molecule has 0 amide bonds. The van der Waals surface area contributed by atoms with E-state index < -0.39 is 0 Å². The molecule has 2 aromatic rings. The molecule has 5 heteroatoms. The summed E-state index contributed by atoms with van der Waals surface area (Å²) in [7, 11) is 1.66. The highest BCUT2D eigenvalue weighted by atomic mass is 16.5. The Kier molecular flexibility index (Phi) is 4.78. The van der Waals surface area contributed by atoms with Crippen LogP contribution < -0.4 is 5.56 Å². The first-order valence-corrected chi connectivity index (χ1v) is 8.37. The summed E-state index contributed by atoms with van der Waals surface area (Å²) in [6.07, 6.45) is 2.20. The summed E-state index contributed by atoms with van der Waals surface area (Å²) in [5, 5.41) is 0.682. The number of hydrogen-bond acceptors (Lipinski definition) is 4. The minimum Gasteiger partial charge on any atom is -0.383 e. The lowest BCUT2D eigenvalue weighted by Crippen LogP contribution is -2.36. The van der Waals surface area contributed by atoms with Crippen LogP contribution in [0.25, 0.3) is 10.9 Å². The van der Waals surface area contributed by atoms with Crippen molar-refractivity contribution < 1.29 is 4.74 Å². The fourth-order valence-electron chi connectivity index (χ4n) is 3.52. The lowest BCUT2D eigenvalue weighted by atomic mass is 10.1. The van der Waals surface area contributed by atoms with Crippen LogP contribution in [0.4, 0.5) is 0 Å². The van der Waals surface area contributed by atoms with Gasteiger partial charge in [0, 0.05) is 13.2 Å². The van der Waals surface area contributed by atoms with E-state index in [2.05, 4.69) is 18.7 Å². The first-order valence-electron chi connectivity index (χ1n) is 8.37. The number of benzene rings is 1. The second-order valence-electron chi connectivity index (χ2n) is 6.43. The molecular formula is C18H25N3O2. The Morgan fingerprint density at radius 1 is 1.35 bits per heavy atom. The van der Waals surface area contributed by atoms with Crippen molar-refractivity contribution in [3.8, 4) is 0 Å². The Hall–Kier alpha value is -1.72. The highest BCUT2D eigenvalue weighted by molar-refractivity contribution is 5.77. The smallest absolute Gasteiger partial charge is 0.261 e. The molecule has 124 valence electrons. The molecule has 1 atom stereocenters. The van der Waals surface area contributed by atoms with Crippen LogP contribution in [0.1, 0.15) is 38.6 Å². The van der Waals surface area contributed by atoms with Crippen LogP contribution in [0.3, 0.4) is 0 Å². The number of nitrogens with zero attached hydrogens (tertiary/aromatic N) is 3. The number of para-hydroxylation sites is 1. The second kappa shape index (κ2) is 6.81. The molecule has 1 saturated heterocycles. The number of aromatic nitrogens is 2. The standard InChI is InChI=1S/C18H25N3O2/c1-13(2)20-10-6-9-16(20)17-19-15-8-5-4-7-14(15)18(22)21(17)11-12-23-3/h4-5,7-8,13,16H,6,9-12H2,1-3H3. The monoisotopic (exact) mass is 315 g/mol. The Bertz CT molecular complexity index is 739. The van der Waals surface area contributed by atoms with Gasteiger partial charge in [-0.1, -0.05) is 12.1 Å². The minimum atomic E-state index is 0.0401. The molecule has 0 saturated carbocycles. The minimum absolute atomic E-state index is 0.0401. The van der Waals surface area contributed by atoms with E-state index in [1.807, 2.05) is 28.8 Å². The fraction of sp³-hybridized carbons (Fsp3) is 0.556. The van der Waals surface area contributed by atoms with Gasteiger partial charge >= 0.3 is 0 Å². The zero-order chi connectivity index (χ0) is 16.4. The van der Waals surface area contributed by atoms with E-state index in [0.717, 1.165) is 30.7 Å². The average Bonchev–Trinajstić information content (AvgIpc) is 3.03. The topological polar surface area (TPSA) is 47.4 Å². The van der Waals surface area contributed by atoms with Crippen molar-refractivity contribution in [1.29, 1.82) is 0 Å². The van der Waals surface area contributed by atoms with Gasteiger partial charge in [-0.25, -0.2) is 4.98 Å². The van der Waals surface area contributed by atoms with Crippen molar-refractivity contribution in [1.82, 2.24) is 14.5 Å². The molecule has 0 N–H and O–H groups in total. The molecular weight excluding hydrogens is 290 g/mol. The van der Waals surface area contributed by atoms with Crippen molar-refractivity contribution in [3.05, 3.63) is 40.4 Å². The predicted octanol–water partition coefficient (Wildman–Crippen LogP) is 2.59. The van der Waals surface area contributed by atoms with Gasteiger partial charge in [-0.15, -0.1) is 0 Å². The van der Waals surface area contributed by atoms with Gasteiger partial charge in [0.1, 0.15) is 5.82 Å². The third kappa shape index (κ3) is 3.03. The van der Waals surface area contributed by atoms with Crippen LogP contribution in [0, 0.1) is 0 Å². The number of rotatable bonds is 5. The average molecular weight is 315 g/mol. The lowest BCUT2D eigenvalue weighted by Gasteiger charge is -2.29. The van der Waals surface area contributed by atoms with Crippen LogP contribution >= 0.6 is 0 Å². The SMILES string of the molecule is COCCn1c(C2CCCN2C(C)C)nc2ccccc2c1=O. The summed E-state index contributed by atoms with van der Waals surface area (Å²) < 4.78 is 7.02. The maximum Gasteiger partial charge on any atom is 0.261 e. The molecule has 23 heavy (non-hydrogen) atoms. The third-order valence-corrected chi connectivity index (χ3v) is 4.67. The molecule has 0 aliphatic carbocycles. The van der Waals surface area contributed by atoms with Gasteiger partial charge in [0.15, 0.2) is 0 Å². The highest BCUT2D eigenvalue weighted by Gasteiger charge is 2.31. The van der Waals surface area contributed by atoms with E-state index in [0.29, 0.717) is 24.6 Å². The zero-order valence-electron chi connectivity index (χ0n) is 14.2. The van der Waals surface area contributed by atoms with Crippen molar-refractivity contribution in [2.45, 2.75) is 45.3 Å². The van der Waals surface area contributed by atoms with Crippen LogP contribution in [0.5, 0.6) is 0 Å². The summed E-state index contributed by atoms with van der Waals surface area (Å²) in [5.41, 5.74) is 0.829. The molecule has 1 fully saturated rings.